The average molecular weight is 1150 g/mol. The molecule has 0 rings (SSSR count). The number of hydrogen-bond donors (Lipinski definition) is 0. The molecule has 0 radical (unpaired) electrons. The van der Waals surface area contributed by atoms with Crippen LogP contribution in [0.25, 0.3) is 0 Å². The van der Waals surface area contributed by atoms with Crippen LogP contribution < -0.4 is 0 Å². The van der Waals surface area contributed by atoms with Crippen molar-refractivity contribution in [1.29, 1.82) is 0 Å². The lowest BCUT2D eigenvalue weighted by molar-refractivity contribution is -0.167. The molecule has 0 aliphatic rings. The van der Waals surface area contributed by atoms with Gasteiger partial charge in [0.25, 0.3) is 0 Å². The first-order valence-corrected chi connectivity index (χ1v) is 35.9. The Hall–Kier alpha value is -3.15. The van der Waals surface area contributed by atoms with E-state index in [2.05, 4.69) is 93.7 Å². The molecule has 1 unspecified atom stereocenters. The highest BCUT2D eigenvalue weighted by Gasteiger charge is 2.19. The summed E-state index contributed by atoms with van der Waals surface area (Å²) in [6, 6.07) is 0. The first-order chi connectivity index (χ1) is 40.5. The molecular formula is C76H136O6. The third-order valence-electron chi connectivity index (χ3n) is 15.9. The van der Waals surface area contributed by atoms with E-state index in [1.165, 1.54) is 238 Å². The molecule has 0 saturated carbocycles. The van der Waals surface area contributed by atoms with Gasteiger partial charge in [0.15, 0.2) is 6.10 Å². The van der Waals surface area contributed by atoms with Crippen molar-refractivity contribution >= 4 is 17.9 Å². The summed E-state index contributed by atoms with van der Waals surface area (Å²) >= 11 is 0. The normalized spacial score (nSPS) is 12.5. The largest absolute Gasteiger partial charge is 0.462 e. The van der Waals surface area contributed by atoms with Gasteiger partial charge in [-0.3, -0.25) is 14.4 Å². The van der Waals surface area contributed by atoms with Crippen molar-refractivity contribution in [1.82, 2.24) is 0 Å². The number of unbranched alkanes of at least 4 members (excludes halogenated alkanes) is 43. The molecule has 476 valence electrons. The van der Waals surface area contributed by atoms with Crippen LogP contribution in [-0.2, 0) is 28.6 Å². The molecule has 0 fully saturated rings. The number of esters is 3. The second-order valence-corrected chi connectivity index (χ2v) is 24.1. The second kappa shape index (κ2) is 70.3. The number of ether oxygens (including phenoxy) is 3. The molecule has 0 aromatic rings. The Morgan fingerprint density at radius 3 is 0.756 bits per heavy atom. The third kappa shape index (κ3) is 67.6. The van der Waals surface area contributed by atoms with Gasteiger partial charge in [-0.2, -0.15) is 0 Å². The minimum atomic E-state index is -0.776. The third-order valence-corrected chi connectivity index (χ3v) is 15.9. The van der Waals surface area contributed by atoms with Gasteiger partial charge in [-0.05, 0) is 89.9 Å². The Balaban J connectivity index is 4.07. The van der Waals surface area contributed by atoms with E-state index in [1.807, 2.05) is 0 Å². The van der Waals surface area contributed by atoms with Gasteiger partial charge >= 0.3 is 17.9 Å². The molecule has 0 amide bonds. The van der Waals surface area contributed by atoms with Gasteiger partial charge < -0.3 is 14.2 Å². The molecule has 0 aromatic carbocycles. The van der Waals surface area contributed by atoms with Crippen LogP contribution in [0.5, 0.6) is 0 Å². The van der Waals surface area contributed by atoms with Crippen molar-refractivity contribution in [3.8, 4) is 0 Å². The standard InChI is InChI=1S/C76H136O6/c1-4-7-10-13-16-19-22-24-26-28-30-31-32-33-34-35-36-37-38-39-40-41-42-43-44-45-46-48-49-51-54-57-60-63-66-69-75(78)81-72-73(71-80-74(77)68-65-62-59-56-53-21-18-15-12-9-6-3)82-76(79)70-67-64-61-58-55-52-50-47-29-27-25-23-20-17-14-11-8-5-2/h7,10,16,19-20,23-24,26-27,29-31,73H,4-6,8-9,11-15,17-18,21-22,25,28,32-72H2,1-3H3/b10-7-,19-16-,23-20-,26-24-,29-27-,31-30-. The van der Waals surface area contributed by atoms with E-state index >= 15 is 0 Å². The van der Waals surface area contributed by atoms with Crippen molar-refractivity contribution in [3.05, 3.63) is 72.9 Å². The summed E-state index contributed by atoms with van der Waals surface area (Å²) in [6.45, 7) is 6.55. The van der Waals surface area contributed by atoms with Crippen LogP contribution in [0, 0.1) is 0 Å². The van der Waals surface area contributed by atoms with Gasteiger partial charge in [0.05, 0.1) is 0 Å². The maximum Gasteiger partial charge on any atom is 0.306 e. The maximum atomic E-state index is 12.9. The van der Waals surface area contributed by atoms with Crippen LogP contribution in [-0.4, -0.2) is 37.2 Å². The van der Waals surface area contributed by atoms with Crippen molar-refractivity contribution in [3.63, 3.8) is 0 Å². The first-order valence-electron chi connectivity index (χ1n) is 35.9. The first kappa shape index (κ1) is 78.8. The van der Waals surface area contributed by atoms with E-state index in [4.69, 9.17) is 14.2 Å². The highest BCUT2D eigenvalue weighted by Crippen LogP contribution is 2.18. The zero-order valence-corrected chi connectivity index (χ0v) is 54.8. The molecule has 0 aromatic heterocycles. The highest BCUT2D eigenvalue weighted by molar-refractivity contribution is 5.71. The van der Waals surface area contributed by atoms with E-state index in [0.29, 0.717) is 19.3 Å². The summed E-state index contributed by atoms with van der Waals surface area (Å²) in [5, 5.41) is 0. The van der Waals surface area contributed by atoms with Crippen molar-refractivity contribution in [2.45, 2.75) is 380 Å². The summed E-state index contributed by atoms with van der Waals surface area (Å²) in [7, 11) is 0. The molecule has 82 heavy (non-hydrogen) atoms. The molecule has 0 aliphatic carbocycles. The van der Waals surface area contributed by atoms with Crippen LogP contribution >= 0.6 is 0 Å². The highest BCUT2D eigenvalue weighted by atomic mass is 16.6. The van der Waals surface area contributed by atoms with Crippen molar-refractivity contribution < 1.29 is 28.6 Å². The van der Waals surface area contributed by atoms with Crippen LogP contribution in [0.2, 0.25) is 0 Å². The fourth-order valence-electron chi connectivity index (χ4n) is 10.6. The zero-order valence-electron chi connectivity index (χ0n) is 54.8. The topological polar surface area (TPSA) is 78.9 Å². The van der Waals surface area contributed by atoms with Gasteiger partial charge in [-0.25, -0.2) is 0 Å². The van der Waals surface area contributed by atoms with E-state index in [1.54, 1.807) is 0 Å². The molecule has 0 N–H and O–H groups in total. The van der Waals surface area contributed by atoms with E-state index in [0.717, 1.165) is 96.3 Å². The fourth-order valence-corrected chi connectivity index (χ4v) is 10.6. The van der Waals surface area contributed by atoms with E-state index in [-0.39, 0.29) is 31.1 Å². The lowest BCUT2D eigenvalue weighted by Gasteiger charge is -2.18. The van der Waals surface area contributed by atoms with Crippen LogP contribution in [0.4, 0.5) is 0 Å². The molecule has 0 spiro atoms. The Bertz CT molecular complexity index is 1500. The zero-order chi connectivity index (χ0) is 59.2. The predicted molar refractivity (Wildman–Crippen MR) is 358 cm³/mol. The SMILES string of the molecule is CC/C=C\C/C=C\C/C=C\C/C=C\CCCCCCCCCCCCCCCCCCCCCCCCC(=O)OCC(COC(=O)CCCCCCCCCCCCC)OC(=O)CCCCCCCCC/C=C\C/C=C\CCCCCC. The summed E-state index contributed by atoms with van der Waals surface area (Å²) in [5.41, 5.74) is 0. The molecule has 0 bridgehead atoms. The molecule has 0 aliphatic heterocycles. The van der Waals surface area contributed by atoms with Crippen molar-refractivity contribution in [2.75, 3.05) is 13.2 Å². The lowest BCUT2D eigenvalue weighted by atomic mass is 10.0. The summed E-state index contributed by atoms with van der Waals surface area (Å²) in [6.07, 6.45) is 92.4. The Kier molecular flexibility index (Phi) is 67.6. The van der Waals surface area contributed by atoms with Gasteiger partial charge in [-0.1, -0.05) is 338 Å². The molecule has 6 nitrogen and oxygen atoms in total. The summed E-state index contributed by atoms with van der Waals surface area (Å²) < 4.78 is 17.0. The van der Waals surface area contributed by atoms with Gasteiger partial charge in [0.1, 0.15) is 13.2 Å². The van der Waals surface area contributed by atoms with Crippen LogP contribution in [0.1, 0.15) is 374 Å². The molecule has 6 heteroatoms. The Labute approximate surface area is 510 Å². The number of carbonyl (C=O) groups is 3. The number of allylic oxidation sites excluding steroid dienone is 12. The van der Waals surface area contributed by atoms with Crippen LogP contribution in [0.15, 0.2) is 72.9 Å². The number of carbonyl (C=O) groups excluding carboxylic acids is 3. The van der Waals surface area contributed by atoms with Crippen molar-refractivity contribution in [2.24, 2.45) is 0 Å². The second-order valence-electron chi connectivity index (χ2n) is 24.1. The number of hydrogen-bond acceptors (Lipinski definition) is 6. The molecule has 0 saturated heterocycles. The molecule has 0 heterocycles. The van der Waals surface area contributed by atoms with Gasteiger partial charge in [0.2, 0.25) is 0 Å². The van der Waals surface area contributed by atoms with Gasteiger partial charge in [0, 0.05) is 19.3 Å². The molecular weight excluding hydrogens is 1010 g/mol. The monoisotopic (exact) mass is 1150 g/mol. The van der Waals surface area contributed by atoms with Crippen LogP contribution in [0.3, 0.4) is 0 Å². The summed E-state index contributed by atoms with van der Waals surface area (Å²) in [4.78, 5) is 38.3. The average Bonchev–Trinajstić information content (AvgIpc) is 3.47. The Morgan fingerprint density at radius 2 is 0.476 bits per heavy atom. The lowest BCUT2D eigenvalue weighted by Crippen LogP contribution is -2.30. The minimum Gasteiger partial charge on any atom is -0.462 e. The fraction of sp³-hybridized carbons (Fsp3) is 0.803. The van der Waals surface area contributed by atoms with E-state index in [9.17, 15) is 14.4 Å². The number of rotatable bonds is 66. The molecule has 1 atom stereocenters. The Morgan fingerprint density at radius 1 is 0.256 bits per heavy atom. The summed E-state index contributed by atoms with van der Waals surface area (Å²) in [5.74, 6) is -0.858. The quantitative estimate of drug-likeness (QED) is 0.0261. The van der Waals surface area contributed by atoms with E-state index < -0.39 is 6.10 Å². The predicted octanol–water partition coefficient (Wildman–Crippen LogP) is 24.8. The minimum absolute atomic E-state index is 0.0722. The smallest absolute Gasteiger partial charge is 0.306 e. The van der Waals surface area contributed by atoms with Gasteiger partial charge in [-0.15, -0.1) is 0 Å². The maximum absolute atomic E-state index is 12.9.